The highest BCUT2D eigenvalue weighted by Crippen LogP contribution is 2.29. The number of nitrogens with one attached hydrogen (secondary N) is 1. The molecule has 19 heavy (non-hydrogen) atoms. The molecule has 2 atom stereocenters. The van der Waals surface area contributed by atoms with Gasteiger partial charge in [0.05, 0.1) is 6.07 Å². The maximum Gasteiger partial charge on any atom is 0.123 e. The van der Waals surface area contributed by atoms with Crippen molar-refractivity contribution in [2.75, 3.05) is 26.2 Å². The highest BCUT2D eigenvalue weighted by atomic mass is 19.1. The molecule has 2 unspecified atom stereocenters. The predicted octanol–water partition coefficient (Wildman–Crippen LogP) is 0.927. The lowest BCUT2D eigenvalue weighted by Crippen LogP contribution is -2.53. The van der Waals surface area contributed by atoms with E-state index in [-0.39, 0.29) is 18.0 Å². The minimum absolute atomic E-state index is 0.0192. The second kappa shape index (κ2) is 5.16. The summed E-state index contributed by atoms with van der Waals surface area (Å²) in [5.41, 5.74) is 0.925. The lowest BCUT2D eigenvalue weighted by Gasteiger charge is -2.33. The molecule has 100 valence electrons. The van der Waals surface area contributed by atoms with Gasteiger partial charge in [0.25, 0.3) is 0 Å². The van der Waals surface area contributed by atoms with E-state index in [1.165, 1.54) is 12.1 Å². The van der Waals surface area contributed by atoms with Gasteiger partial charge in [-0.2, -0.15) is 5.26 Å². The van der Waals surface area contributed by atoms with E-state index in [1.54, 1.807) is 6.07 Å². The first-order valence-electron chi connectivity index (χ1n) is 6.56. The zero-order valence-electron chi connectivity index (χ0n) is 10.6. The third-order valence-electron chi connectivity index (χ3n) is 3.71. The van der Waals surface area contributed by atoms with Crippen molar-refractivity contribution in [1.29, 1.82) is 5.26 Å². The highest BCUT2D eigenvalue weighted by Gasteiger charge is 2.29. The van der Waals surface area contributed by atoms with Crippen LogP contribution in [0.5, 0.6) is 5.75 Å². The first-order valence-corrected chi connectivity index (χ1v) is 6.56. The highest BCUT2D eigenvalue weighted by molar-refractivity contribution is 5.38. The lowest BCUT2D eigenvalue weighted by molar-refractivity contribution is 0.118. The first-order chi connectivity index (χ1) is 9.26. The van der Waals surface area contributed by atoms with E-state index in [4.69, 9.17) is 10.00 Å². The number of nitrogens with zero attached hydrogens (tertiary/aromatic N) is 2. The van der Waals surface area contributed by atoms with Gasteiger partial charge in [-0.15, -0.1) is 0 Å². The van der Waals surface area contributed by atoms with Gasteiger partial charge >= 0.3 is 0 Å². The van der Waals surface area contributed by atoms with Crippen molar-refractivity contribution in [3.63, 3.8) is 0 Å². The molecule has 1 saturated heterocycles. The third-order valence-corrected chi connectivity index (χ3v) is 3.71. The van der Waals surface area contributed by atoms with Crippen LogP contribution in [-0.2, 0) is 6.42 Å². The number of piperazine rings is 1. The fourth-order valence-corrected chi connectivity index (χ4v) is 2.74. The number of benzene rings is 1. The fraction of sp³-hybridized carbons (Fsp3) is 0.500. The van der Waals surface area contributed by atoms with Crippen molar-refractivity contribution in [1.82, 2.24) is 10.2 Å². The van der Waals surface area contributed by atoms with E-state index in [9.17, 15) is 4.39 Å². The molecule has 0 saturated carbocycles. The predicted molar refractivity (Wildman–Crippen MR) is 68.4 cm³/mol. The van der Waals surface area contributed by atoms with E-state index in [0.717, 1.165) is 37.4 Å². The molecule has 0 radical (unpaired) electrons. The van der Waals surface area contributed by atoms with Crippen LogP contribution in [0.4, 0.5) is 4.39 Å². The molecule has 0 aromatic heterocycles. The Balaban J connectivity index is 1.65. The van der Waals surface area contributed by atoms with Crippen LogP contribution in [0.3, 0.4) is 0 Å². The molecule has 1 N–H and O–H groups in total. The Morgan fingerprint density at radius 3 is 3.26 bits per heavy atom. The van der Waals surface area contributed by atoms with Gasteiger partial charge in [0.2, 0.25) is 0 Å². The standard InChI is InChI=1S/C14H16FN3O/c15-11-1-2-14-10(5-11)6-13(19-14)9-18-4-3-17-8-12(18)7-16/h1-2,5,12-13,17H,3-4,6,8-9H2. The number of nitriles is 1. The average Bonchev–Trinajstić information content (AvgIpc) is 2.80. The van der Waals surface area contributed by atoms with Crippen molar-refractivity contribution in [2.24, 2.45) is 0 Å². The van der Waals surface area contributed by atoms with Gasteiger partial charge in [0.1, 0.15) is 23.7 Å². The van der Waals surface area contributed by atoms with Crippen molar-refractivity contribution in [3.05, 3.63) is 29.6 Å². The molecule has 5 heteroatoms. The quantitative estimate of drug-likeness (QED) is 0.860. The van der Waals surface area contributed by atoms with Crippen molar-refractivity contribution in [3.8, 4) is 11.8 Å². The molecule has 1 aromatic carbocycles. The largest absolute Gasteiger partial charge is 0.488 e. The molecule has 2 heterocycles. The summed E-state index contributed by atoms with van der Waals surface area (Å²) < 4.78 is 19.0. The summed E-state index contributed by atoms with van der Waals surface area (Å²) in [6, 6.07) is 6.85. The number of hydrogen-bond acceptors (Lipinski definition) is 4. The van der Waals surface area contributed by atoms with E-state index < -0.39 is 0 Å². The Morgan fingerprint density at radius 1 is 1.53 bits per heavy atom. The number of halogens is 1. The summed E-state index contributed by atoms with van der Waals surface area (Å²) >= 11 is 0. The van der Waals surface area contributed by atoms with E-state index >= 15 is 0 Å². The second-order valence-corrected chi connectivity index (χ2v) is 5.04. The lowest BCUT2D eigenvalue weighted by atomic mass is 10.1. The SMILES string of the molecule is N#CC1CNCCN1CC1Cc2cc(F)ccc2O1. The third kappa shape index (κ3) is 2.55. The molecule has 0 aliphatic carbocycles. The summed E-state index contributed by atoms with van der Waals surface area (Å²) in [5.74, 6) is 0.551. The van der Waals surface area contributed by atoms with E-state index in [0.29, 0.717) is 6.54 Å². The molecule has 0 amide bonds. The van der Waals surface area contributed by atoms with Crippen LogP contribution in [0.15, 0.2) is 18.2 Å². The Bertz CT molecular complexity index is 514. The van der Waals surface area contributed by atoms with Gasteiger partial charge in [-0.1, -0.05) is 0 Å². The van der Waals surface area contributed by atoms with Gasteiger partial charge in [0, 0.05) is 38.2 Å². The molecular weight excluding hydrogens is 245 g/mol. The molecular formula is C14H16FN3O. The second-order valence-electron chi connectivity index (χ2n) is 5.04. The number of rotatable bonds is 2. The maximum absolute atomic E-state index is 13.1. The smallest absolute Gasteiger partial charge is 0.123 e. The Labute approximate surface area is 111 Å². The monoisotopic (exact) mass is 261 g/mol. The van der Waals surface area contributed by atoms with Crippen LogP contribution in [0.25, 0.3) is 0 Å². The number of fused-ring (bicyclic) bond motifs is 1. The average molecular weight is 261 g/mol. The minimum atomic E-state index is -0.222. The summed E-state index contributed by atoms with van der Waals surface area (Å²) in [4.78, 5) is 2.14. The number of hydrogen-bond donors (Lipinski definition) is 1. The van der Waals surface area contributed by atoms with Crippen molar-refractivity contribution >= 4 is 0 Å². The minimum Gasteiger partial charge on any atom is -0.488 e. The summed E-state index contributed by atoms with van der Waals surface area (Å²) in [5, 5.41) is 12.3. The first kappa shape index (κ1) is 12.4. The molecule has 1 aromatic rings. The number of ether oxygens (including phenoxy) is 1. The Morgan fingerprint density at radius 2 is 2.42 bits per heavy atom. The maximum atomic E-state index is 13.1. The van der Waals surface area contributed by atoms with Crippen LogP contribution in [0, 0.1) is 17.1 Å². The van der Waals surface area contributed by atoms with Crippen LogP contribution in [-0.4, -0.2) is 43.2 Å². The van der Waals surface area contributed by atoms with Gasteiger partial charge < -0.3 is 10.1 Å². The van der Waals surface area contributed by atoms with Gasteiger partial charge in [0.15, 0.2) is 0 Å². The van der Waals surface area contributed by atoms with Crippen LogP contribution in [0.1, 0.15) is 5.56 Å². The van der Waals surface area contributed by atoms with Crippen LogP contribution < -0.4 is 10.1 Å². The van der Waals surface area contributed by atoms with Crippen LogP contribution in [0.2, 0.25) is 0 Å². The molecule has 2 aliphatic heterocycles. The van der Waals surface area contributed by atoms with Gasteiger partial charge in [-0.3, -0.25) is 4.90 Å². The topological polar surface area (TPSA) is 48.3 Å². The zero-order valence-corrected chi connectivity index (χ0v) is 10.6. The molecule has 2 aliphatic rings. The molecule has 4 nitrogen and oxygen atoms in total. The van der Waals surface area contributed by atoms with E-state index in [2.05, 4.69) is 16.3 Å². The van der Waals surface area contributed by atoms with E-state index in [1.807, 2.05) is 0 Å². The van der Waals surface area contributed by atoms with Crippen molar-refractivity contribution in [2.45, 2.75) is 18.6 Å². The van der Waals surface area contributed by atoms with Crippen molar-refractivity contribution < 1.29 is 9.13 Å². The molecule has 0 bridgehead atoms. The van der Waals surface area contributed by atoms with Gasteiger partial charge in [-0.25, -0.2) is 4.39 Å². The Kier molecular flexibility index (Phi) is 3.36. The van der Waals surface area contributed by atoms with Crippen LogP contribution >= 0.6 is 0 Å². The molecule has 1 fully saturated rings. The zero-order chi connectivity index (χ0) is 13.2. The summed E-state index contributed by atoms with van der Waals surface area (Å²) in [6.45, 7) is 3.16. The van der Waals surface area contributed by atoms with Gasteiger partial charge in [-0.05, 0) is 18.2 Å². The summed E-state index contributed by atoms with van der Waals surface area (Å²) in [7, 11) is 0. The molecule has 3 rings (SSSR count). The summed E-state index contributed by atoms with van der Waals surface area (Å²) in [6.07, 6.45) is 0.737. The molecule has 0 spiro atoms. The fourth-order valence-electron chi connectivity index (χ4n) is 2.74. The Hall–Kier alpha value is -1.64. The normalized spacial score (nSPS) is 26.5.